The van der Waals surface area contributed by atoms with E-state index in [1.165, 1.54) is 5.56 Å². The monoisotopic (exact) mass is 304 g/mol. The first kappa shape index (κ1) is 16.8. The van der Waals surface area contributed by atoms with E-state index in [1.54, 1.807) is 4.90 Å². The molecule has 2 atom stereocenters. The number of nitrogens with zero attached hydrogens (tertiary/aromatic N) is 2. The molecule has 4 nitrogen and oxygen atoms in total. The molecule has 4 heteroatoms. The number of hydrogen-bond acceptors (Lipinski definition) is 2. The van der Waals surface area contributed by atoms with E-state index in [2.05, 4.69) is 49.9 Å². The molecule has 0 bridgehead atoms. The van der Waals surface area contributed by atoms with Gasteiger partial charge in [-0.15, -0.1) is 0 Å². The van der Waals surface area contributed by atoms with Crippen molar-refractivity contribution in [2.24, 2.45) is 5.41 Å². The first-order valence-corrected chi connectivity index (χ1v) is 8.06. The minimum absolute atomic E-state index is 0.00575. The van der Waals surface area contributed by atoms with E-state index in [9.17, 15) is 9.90 Å². The van der Waals surface area contributed by atoms with Crippen molar-refractivity contribution >= 4 is 6.09 Å². The van der Waals surface area contributed by atoms with Crippen LogP contribution in [0.15, 0.2) is 30.3 Å². The van der Waals surface area contributed by atoms with Crippen LogP contribution < -0.4 is 0 Å². The van der Waals surface area contributed by atoms with Gasteiger partial charge >= 0.3 is 6.09 Å². The van der Waals surface area contributed by atoms with E-state index < -0.39 is 6.09 Å². The highest BCUT2D eigenvalue weighted by atomic mass is 16.4. The normalized spacial score (nSPS) is 24.1. The Labute approximate surface area is 133 Å². The largest absolute Gasteiger partial charge is 0.465 e. The summed E-state index contributed by atoms with van der Waals surface area (Å²) in [6.07, 6.45) is 0.0834. The van der Waals surface area contributed by atoms with Gasteiger partial charge in [-0.05, 0) is 24.3 Å². The van der Waals surface area contributed by atoms with Gasteiger partial charge in [-0.2, -0.15) is 0 Å². The van der Waals surface area contributed by atoms with Gasteiger partial charge in [0.2, 0.25) is 0 Å². The lowest BCUT2D eigenvalue weighted by Gasteiger charge is -2.41. The van der Waals surface area contributed by atoms with Crippen LogP contribution in [0.4, 0.5) is 4.79 Å². The summed E-state index contributed by atoms with van der Waals surface area (Å²) in [5, 5.41) is 9.65. The Morgan fingerprint density at radius 2 is 1.91 bits per heavy atom. The highest BCUT2D eigenvalue weighted by Crippen LogP contribution is 2.30. The van der Waals surface area contributed by atoms with Crippen molar-refractivity contribution in [1.82, 2.24) is 9.80 Å². The van der Waals surface area contributed by atoms with Crippen molar-refractivity contribution < 1.29 is 9.90 Å². The Balaban J connectivity index is 2.20. The lowest BCUT2D eigenvalue weighted by Crippen LogP contribution is -2.53. The van der Waals surface area contributed by atoms with Crippen molar-refractivity contribution in [3.63, 3.8) is 0 Å². The van der Waals surface area contributed by atoms with Crippen LogP contribution in [0.1, 0.15) is 39.7 Å². The predicted octanol–water partition coefficient (Wildman–Crippen LogP) is 3.68. The SMILES string of the molecule is CC1CCN(Cc2ccccc2)C[C@@H](C(C)(C)C)N1C(=O)O. The van der Waals surface area contributed by atoms with Gasteiger partial charge in [-0.1, -0.05) is 51.1 Å². The summed E-state index contributed by atoms with van der Waals surface area (Å²) in [5.74, 6) is 0. The molecule has 2 rings (SSSR count). The molecule has 1 aliphatic rings. The van der Waals surface area contributed by atoms with Crippen molar-refractivity contribution in [3.8, 4) is 0 Å². The lowest BCUT2D eigenvalue weighted by molar-refractivity contribution is 0.0563. The number of hydrogen-bond donors (Lipinski definition) is 1. The fourth-order valence-electron chi connectivity index (χ4n) is 3.24. The van der Waals surface area contributed by atoms with Crippen LogP contribution in [0.5, 0.6) is 0 Å². The molecule has 1 saturated heterocycles. The molecule has 1 unspecified atom stereocenters. The summed E-state index contributed by atoms with van der Waals surface area (Å²) in [6, 6.07) is 10.5. The molecule has 1 aromatic rings. The molecule has 1 fully saturated rings. The van der Waals surface area contributed by atoms with Gasteiger partial charge in [0.1, 0.15) is 0 Å². The zero-order valence-corrected chi connectivity index (χ0v) is 14.1. The maximum absolute atomic E-state index is 11.7. The van der Waals surface area contributed by atoms with Gasteiger partial charge in [-0.3, -0.25) is 4.90 Å². The number of carboxylic acid groups (broad SMARTS) is 1. The van der Waals surface area contributed by atoms with Crippen LogP contribution in [-0.2, 0) is 6.54 Å². The second-order valence-corrected chi connectivity index (χ2v) is 7.43. The van der Waals surface area contributed by atoms with Crippen LogP contribution in [0.25, 0.3) is 0 Å². The summed E-state index contributed by atoms with van der Waals surface area (Å²) in [4.78, 5) is 15.8. The van der Waals surface area contributed by atoms with Crippen molar-refractivity contribution in [3.05, 3.63) is 35.9 Å². The van der Waals surface area contributed by atoms with Gasteiger partial charge in [0.15, 0.2) is 0 Å². The van der Waals surface area contributed by atoms with E-state index in [1.807, 2.05) is 13.0 Å². The van der Waals surface area contributed by atoms with Gasteiger partial charge in [0.05, 0.1) is 6.04 Å². The quantitative estimate of drug-likeness (QED) is 0.906. The van der Waals surface area contributed by atoms with Gasteiger partial charge in [-0.25, -0.2) is 4.79 Å². The smallest absolute Gasteiger partial charge is 0.407 e. The molecule has 0 aromatic heterocycles. The number of benzene rings is 1. The van der Waals surface area contributed by atoms with E-state index in [4.69, 9.17) is 0 Å². The van der Waals surface area contributed by atoms with Crippen LogP contribution in [0, 0.1) is 5.41 Å². The molecule has 22 heavy (non-hydrogen) atoms. The molecule has 1 N–H and O–H groups in total. The molecule has 1 amide bonds. The number of carbonyl (C=O) groups is 1. The van der Waals surface area contributed by atoms with Crippen molar-refractivity contribution in [1.29, 1.82) is 0 Å². The molecule has 1 aromatic carbocycles. The van der Waals surface area contributed by atoms with Crippen LogP contribution >= 0.6 is 0 Å². The molecule has 0 spiro atoms. The van der Waals surface area contributed by atoms with Crippen LogP contribution in [0.3, 0.4) is 0 Å². The maximum atomic E-state index is 11.7. The third-order valence-corrected chi connectivity index (χ3v) is 4.57. The molecule has 0 aliphatic carbocycles. The molecular formula is C18H28N2O2. The summed E-state index contributed by atoms with van der Waals surface area (Å²) in [7, 11) is 0. The third kappa shape index (κ3) is 4.01. The fourth-order valence-corrected chi connectivity index (χ4v) is 3.24. The average Bonchev–Trinajstić information content (AvgIpc) is 2.59. The standard InChI is InChI=1S/C18H28N2O2/c1-14-10-11-19(12-15-8-6-5-7-9-15)13-16(18(2,3)4)20(14)17(21)22/h5-9,14,16H,10-13H2,1-4H3,(H,21,22)/t14?,16-/m0/s1. The first-order valence-electron chi connectivity index (χ1n) is 8.06. The summed E-state index contributed by atoms with van der Waals surface area (Å²) < 4.78 is 0. The zero-order chi connectivity index (χ0) is 16.3. The van der Waals surface area contributed by atoms with E-state index in [-0.39, 0.29) is 17.5 Å². The summed E-state index contributed by atoms with van der Waals surface area (Å²) in [5.41, 5.74) is 1.21. The molecular weight excluding hydrogens is 276 g/mol. The second-order valence-electron chi connectivity index (χ2n) is 7.43. The predicted molar refractivity (Wildman–Crippen MR) is 88.9 cm³/mol. The highest BCUT2D eigenvalue weighted by molar-refractivity contribution is 5.66. The zero-order valence-electron chi connectivity index (χ0n) is 14.1. The highest BCUT2D eigenvalue weighted by Gasteiger charge is 2.39. The van der Waals surface area contributed by atoms with Crippen molar-refractivity contribution in [2.75, 3.05) is 13.1 Å². The summed E-state index contributed by atoms with van der Waals surface area (Å²) in [6.45, 7) is 11.0. The first-order chi connectivity index (χ1) is 10.3. The van der Waals surface area contributed by atoms with E-state index in [0.29, 0.717) is 0 Å². The van der Waals surface area contributed by atoms with Gasteiger partial charge in [0.25, 0.3) is 0 Å². The minimum atomic E-state index is -0.797. The Morgan fingerprint density at radius 1 is 1.27 bits per heavy atom. The Bertz CT molecular complexity index is 496. The molecule has 0 saturated carbocycles. The van der Waals surface area contributed by atoms with Crippen molar-refractivity contribution in [2.45, 2.75) is 52.7 Å². The van der Waals surface area contributed by atoms with E-state index >= 15 is 0 Å². The molecule has 1 heterocycles. The van der Waals surface area contributed by atoms with Crippen LogP contribution in [-0.4, -0.2) is 46.2 Å². The summed E-state index contributed by atoms with van der Waals surface area (Å²) >= 11 is 0. The van der Waals surface area contributed by atoms with Crippen LogP contribution in [0.2, 0.25) is 0 Å². The maximum Gasteiger partial charge on any atom is 0.407 e. The Morgan fingerprint density at radius 3 is 2.45 bits per heavy atom. The second kappa shape index (κ2) is 6.69. The minimum Gasteiger partial charge on any atom is -0.465 e. The fraction of sp³-hybridized carbons (Fsp3) is 0.611. The average molecular weight is 304 g/mol. The number of rotatable bonds is 2. The topological polar surface area (TPSA) is 43.8 Å². The molecule has 0 radical (unpaired) electrons. The van der Waals surface area contributed by atoms with Gasteiger partial charge in [0, 0.05) is 25.7 Å². The molecule has 1 aliphatic heterocycles. The lowest BCUT2D eigenvalue weighted by atomic mass is 9.85. The van der Waals surface area contributed by atoms with Gasteiger partial charge < -0.3 is 10.0 Å². The number of amides is 1. The third-order valence-electron chi connectivity index (χ3n) is 4.57. The Kier molecular flexibility index (Phi) is 5.12. The van der Waals surface area contributed by atoms with E-state index in [0.717, 1.165) is 26.1 Å². The Hall–Kier alpha value is -1.55. The molecule has 122 valence electrons.